The third kappa shape index (κ3) is 3.39. The number of hydrogen-bond acceptors (Lipinski definition) is 3. The molecule has 1 heterocycles. The zero-order valence-corrected chi connectivity index (χ0v) is 14.6. The molecule has 0 spiro atoms. The Kier molecular flexibility index (Phi) is 4.67. The van der Waals surface area contributed by atoms with Gasteiger partial charge in [0.25, 0.3) is 0 Å². The van der Waals surface area contributed by atoms with Gasteiger partial charge in [-0.15, -0.1) is 11.8 Å². The highest BCUT2D eigenvalue weighted by Crippen LogP contribution is 2.32. The molecule has 0 aromatic heterocycles. The molecule has 118 valence electrons. The fourth-order valence-corrected chi connectivity index (χ4v) is 3.85. The molecule has 0 unspecified atom stereocenters. The summed E-state index contributed by atoms with van der Waals surface area (Å²) in [6.07, 6.45) is 0.347. The Morgan fingerprint density at radius 1 is 1.22 bits per heavy atom. The molecule has 3 rings (SSSR count). The quantitative estimate of drug-likeness (QED) is 0.591. The molecule has 3 nitrogen and oxygen atoms in total. The van der Waals surface area contributed by atoms with Gasteiger partial charge in [0, 0.05) is 28.2 Å². The van der Waals surface area contributed by atoms with Crippen LogP contribution in [0.25, 0.3) is 0 Å². The van der Waals surface area contributed by atoms with E-state index in [2.05, 4.69) is 0 Å². The number of hydrogen-bond donors (Lipinski definition) is 0. The van der Waals surface area contributed by atoms with Crippen molar-refractivity contribution in [3.8, 4) is 0 Å². The zero-order chi connectivity index (χ0) is 16.6. The van der Waals surface area contributed by atoms with Crippen molar-refractivity contribution in [2.24, 2.45) is 0 Å². The van der Waals surface area contributed by atoms with Crippen molar-refractivity contribution in [1.82, 2.24) is 0 Å². The van der Waals surface area contributed by atoms with Crippen molar-refractivity contribution in [1.29, 1.82) is 0 Å². The molecular weight excluding hydrogens is 353 g/mol. The predicted molar refractivity (Wildman–Crippen MR) is 95.1 cm³/mol. The molecule has 6 heteroatoms. The van der Waals surface area contributed by atoms with Gasteiger partial charge < -0.3 is 4.90 Å². The minimum atomic E-state index is -0.00385. The van der Waals surface area contributed by atoms with Crippen molar-refractivity contribution >= 4 is 52.3 Å². The molecule has 0 saturated carbocycles. The van der Waals surface area contributed by atoms with E-state index in [0.29, 0.717) is 22.0 Å². The predicted octanol–water partition coefficient (Wildman–Crippen LogP) is 4.49. The third-order valence-electron chi connectivity index (χ3n) is 3.73. The number of anilines is 1. The molecule has 0 N–H and O–H groups in total. The van der Waals surface area contributed by atoms with Gasteiger partial charge >= 0.3 is 0 Å². The summed E-state index contributed by atoms with van der Waals surface area (Å²) in [5, 5.41) is 1.16. The van der Waals surface area contributed by atoms with Crippen molar-refractivity contribution in [2.45, 2.75) is 11.3 Å². The SMILES string of the molecule is CN1C(=O)Cc2cc(C(=O)CSc3cc(Cl)ccc3Cl)ccc21. The highest BCUT2D eigenvalue weighted by molar-refractivity contribution is 8.00. The van der Waals surface area contributed by atoms with Crippen LogP contribution in [0.3, 0.4) is 0 Å². The summed E-state index contributed by atoms with van der Waals surface area (Å²) in [6, 6.07) is 10.6. The summed E-state index contributed by atoms with van der Waals surface area (Å²) in [4.78, 5) is 26.5. The van der Waals surface area contributed by atoms with Gasteiger partial charge in [-0.05, 0) is 42.0 Å². The maximum Gasteiger partial charge on any atom is 0.231 e. The summed E-state index contributed by atoms with van der Waals surface area (Å²) in [7, 11) is 1.74. The normalized spacial score (nSPS) is 13.3. The number of fused-ring (bicyclic) bond motifs is 1. The summed E-state index contributed by atoms with van der Waals surface area (Å²) >= 11 is 13.4. The number of rotatable bonds is 4. The molecule has 1 aliphatic rings. The Hall–Kier alpha value is -1.49. The van der Waals surface area contributed by atoms with E-state index in [1.54, 1.807) is 42.3 Å². The molecule has 0 radical (unpaired) electrons. The zero-order valence-electron chi connectivity index (χ0n) is 12.3. The van der Waals surface area contributed by atoms with Crippen LogP contribution in [-0.4, -0.2) is 24.5 Å². The lowest BCUT2D eigenvalue weighted by Crippen LogP contribution is -2.20. The van der Waals surface area contributed by atoms with Crippen LogP contribution in [0.4, 0.5) is 5.69 Å². The van der Waals surface area contributed by atoms with E-state index in [1.807, 2.05) is 6.07 Å². The molecule has 1 aliphatic heterocycles. The highest BCUT2D eigenvalue weighted by atomic mass is 35.5. The number of carbonyl (C=O) groups excluding carboxylic acids is 2. The second-order valence-electron chi connectivity index (χ2n) is 5.26. The number of ketones is 1. The number of thioether (sulfide) groups is 1. The summed E-state index contributed by atoms with van der Waals surface area (Å²) < 4.78 is 0. The number of halogens is 2. The fraction of sp³-hybridized carbons (Fsp3) is 0.176. The number of nitrogens with zero attached hydrogens (tertiary/aromatic N) is 1. The maximum absolute atomic E-state index is 12.4. The van der Waals surface area contributed by atoms with Crippen LogP contribution in [0.15, 0.2) is 41.3 Å². The molecule has 1 amide bonds. The molecule has 23 heavy (non-hydrogen) atoms. The first-order valence-corrected chi connectivity index (χ1v) is 8.70. The van der Waals surface area contributed by atoms with Gasteiger partial charge in [-0.25, -0.2) is 0 Å². The number of amides is 1. The maximum atomic E-state index is 12.4. The lowest BCUT2D eigenvalue weighted by Gasteiger charge is -2.10. The molecule has 0 saturated heterocycles. The van der Waals surface area contributed by atoms with Gasteiger partial charge in [0.2, 0.25) is 5.91 Å². The molecule has 0 fully saturated rings. The summed E-state index contributed by atoms with van der Waals surface area (Å²) in [5.41, 5.74) is 2.38. The largest absolute Gasteiger partial charge is 0.315 e. The van der Waals surface area contributed by atoms with E-state index in [1.165, 1.54) is 11.8 Å². The smallest absolute Gasteiger partial charge is 0.231 e. The Labute approximate surface area is 148 Å². The van der Waals surface area contributed by atoms with Crippen molar-refractivity contribution in [3.63, 3.8) is 0 Å². The van der Waals surface area contributed by atoms with Crippen LogP contribution in [0.1, 0.15) is 15.9 Å². The number of carbonyl (C=O) groups is 2. The van der Waals surface area contributed by atoms with Gasteiger partial charge in [0.15, 0.2) is 5.78 Å². The molecule has 0 atom stereocenters. The molecule has 0 aliphatic carbocycles. The van der Waals surface area contributed by atoms with Gasteiger partial charge in [-0.1, -0.05) is 23.2 Å². The van der Waals surface area contributed by atoms with Gasteiger partial charge in [-0.2, -0.15) is 0 Å². The van der Waals surface area contributed by atoms with Gasteiger partial charge in [0.05, 0.1) is 17.2 Å². The van der Waals surface area contributed by atoms with Crippen LogP contribution < -0.4 is 4.90 Å². The lowest BCUT2D eigenvalue weighted by atomic mass is 10.1. The van der Waals surface area contributed by atoms with Crippen LogP contribution in [0, 0.1) is 0 Å². The Morgan fingerprint density at radius 2 is 2.00 bits per heavy atom. The first-order chi connectivity index (χ1) is 11.0. The average molecular weight is 366 g/mol. The second kappa shape index (κ2) is 6.56. The second-order valence-corrected chi connectivity index (χ2v) is 7.12. The van der Waals surface area contributed by atoms with E-state index in [0.717, 1.165) is 16.1 Å². The molecule has 2 aromatic carbocycles. The minimum absolute atomic E-state index is 0.00385. The van der Waals surface area contributed by atoms with Crippen LogP contribution >= 0.6 is 35.0 Å². The lowest BCUT2D eigenvalue weighted by molar-refractivity contribution is -0.117. The van der Waals surface area contributed by atoms with Crippen molar-refractivity contribution in [3.05, 3.63) is 57.6 Å². The Bertz CT molecular complexity index is 807. The van der Waals surface area contributed by atoms with E-state index < -0.39 is 0 Å². The Balaban J connectivity index is 1.73. The summed E-state index contributed by atoms with van der Waals surface area (Å²) in [6.45, 7) is 0. The molecule has 2 aromatic rings. The Morgan fingerprint density at radius 3 is 2.78 bits per heavy atom. The van der Waals surface area contributed by atoms with Gasteiger partial charge in [0.1, 0.15) is 0 Å². The average Bonchev–Trinajstić information content (AvgIpc) is 2.82. The van der Waals surface area contributed by atoms with Gasteiger partial charge in [-0.3, -0.25) is 9.59 Å². The van der Waals surface area contributed by atoms with Crippen molar-refractivity contribution < 1.29 is 9.59 Å². The van der Waals surface area contributed by atoms with Crippen molar-refractivity contribution in [2.75, 3.05) is 17.7 Å². The number of Topliss-reactive ketones (excluding diaryl/α,β-unsaturated/α-hetero) is 1. The van der Waals surface area contributed by atoms with E-state index in [9.17, 15) is 9.59 Å². The number of benzene rings is 2. The molecular formula is C17H13Cl2NO2S. The van der Waals surface area contributed by atoms with E-state index in [-0.39, 0.29) is 17.4 Å². The van der Waals surface area contributed by atoms with E-state index in [4.69, 9.17) is 23.2 Å². The monoisotopic (exact) mass is 365 g/mol. The van der Waals surface area contributed by atoms with E-state index >= 15 is 0 Å². The van der Waals surface area contributed by atoms with Crippen LogP contribution in [-0.2, 0) is 11.2 Å². The topological polar surface area (TPSA) is 37.4 Å². The summed E-state index contributed by atoms with van der Waals surface area (Å²) in [5.74, 6) is 0.309. The fourth-order valence-electron chi connectivity index (χ4n) is 2.46. The highest BCUT2D eigenvalue weighted by Gasteiger charge is 2.24. The first-order valence-electron chi connectivity index (χ1n) is 6.96. The van der Waals surface area contributed by atoms with Crippen LogP contribution in [0.5, 0.6) is 0 Å². The van der Waals surface area contributed by atoms with Crippen LogP contribution in [0.2, 0.25) is 10.0 Å². The first kappa shape index (κ1) is 16.4. The third-order valence-corrected chi connectivity index (χ3v) is 5.46. The number of likely N-dealkylation sites (N-methyl/N-ethyl adjacent to an activating group) is 1. The molecule has 0 bridgehead atoms. The standard InChI is InChI=1S/C17H13Cl2NO2S/c1-20-14-5-2-10(6-11(14)7-17(20)22)15(21)9-23-16-8-12(18)3-4-13(16)19/h2-6,8H,7,9H2,1H3. The minimum Gasteiger partial charge on any atom is -0.315 e.